The number of hydrogen-bond donors (Lipinski definition) is 1. The Morgan fingerprint density at radius 3 is 2.41 bits per heavy atom. The molecule has 0 unspecified atom stereocenters. The second-order valence-corrected chi connectivity index (χ2v) is 7.62. The van der Waals surface area contributed by atoms with E-state index in [9.17, 15) is 10.1 Å². The predicted molar refractivity (Wildman–Crippen MR) is 108 cm³/mol. The zero-order chi connectivity index (χ0) is 19.4. The van der Waals surface area contributed by atoms with Gasteiger partial charge in [0, 0.05) is 12.6 Å². The van der Waals surface area contributed by atoms with Crippen molar-refractivity contribution in [2.24, 2.45) is 0 Å². The summed E-state index contributed by atoms with van der Waals surface area (Å²) in [4.78, 5) is 15.1. The number of hydrogen-bond acceptors (Lipinski definition) is 3. The maximum atomic E-state index is 12.8. The van der Waals surface area contributed by atoms with Crippen LogP contribution in [0.2, 0.25) is 0 Å². The molecular formula is C23H27N3O. The van der Waals surface area contributed by atoms with E-state index in [1.807, 2.05) is 13.0 Å². The van der Waals surface area contributed by atoms with Crippen LogP contribution in [-0.2, 0) is 11.3 Å². The highest BCUT2D eigenvalue weighted by atomic mass is 16.2. The number of carbonyl (C=O) groups is 1. The van der Waals surface area contributed by atoms with Gasteiger partial charge in [-0.25, -0.2) is 0 Å². The molecular weight excluding hydrogens is 334 g/mol. The van der Waals surface area contributed by atoms with Crippen LogP contribution in [-0.4, -0.2) is 22.9 Å². The van der Waals surface area contributed by atoms with Gasteiger partial charge in [0.25, 0.3) is 0 Å². The Hall–Kier alpha value is -2.64. The monoisotopic (exact) mass is 361 g/mol. The third-order valence-corrected chi connectivity index (χ3v) is 5.21. The van der Waals surface area contributed by atoms with Gasteiger partial charge in [0.2, 0.25) is 5.91 Å². The number of carbonyl (C=O) groups excluding carboxylic acids is 1. The average molecular weight is 361 g/mol. The summed E-state index contributed by atoms with van der Waals surface area (Å²) < 4.78 is 0. The average Bonchev–Trinajstić information content (AvgIpc) is 3.51. The summed E-state index contributed by atoms with van der Waals surface area (Å²) in [6.45, 7) is 7.09. The predicted octanol–water partition coefficient (Wildman–Crippen LogP) is 4.67. The fourth-order valence-electron chi connectivity index (χ4n) is 3.28. The lowest BCUT2D eigenvalue weighted by Gasteiger charge is -2.28. The number of amides is 1. The van der Waals surface area contributed by atoms with Crippen molar-refractivity contribution in [3.63, 3.8) is 0 Å². The summed E-state index contributed by atoms with van der Waals surface area (Å²) in [5.41, 5.74) is 3.62. The zero-order valence-corrected chi connectivity index (χ0v) is 16.3. The van der Waals surface area contributed by atoms with E-state index in [0.29, 0.717) is 23.2 Å². The number of nitriles is 1. The van der Waals surface area contributed by atoms with E-state index < -0.39 is 0 Å². The lowest BCUT2D eigenvalue weighted by atomic mass is 10.0. The zero-order valence-electron chi connectivity index (χ0n) is 16.3. The third-order valence-electron chi connectivity index (χ3n) is 5.21. The van der Waals surface area contributed by atoms with Gasteiger partial charge in [0.15, 0.2) is 0 Å². The van der Waals surface area contributed by atoms with E-state index in [0.717, 1.165) is 19.4 Å². The van der Waals surface area contributed by atoms with Crippen molar-refractivity contribution in [3.05, 3.63) is 65.2 Å². The summed E-state index contributed by atoms with van der Waals surface area (Å²) in [6.07, 6.45) is 2.27. The van der Waals surface area contributed by atoms with Crippen LogP contribution in [0.25, 0.3) is 0 Å². The van der Waals surface area contributed by atoms with Gasteiger partial charge in [0.05, 0.1) is 17.3 Å². The van der Waals surface area contributed by atoms with Gasteiger partial charge >= 0.3 is 0 Å². The molecule has 1 N–H and O–H groups in total. The summed E-state index contributed by atoms with van der Waals surface area (Å²) in [5, 5.41) is 12.2. The molecule has 1 saturated carbocycles. The molecule has 0 bridgehead atoms. The van der Waals surface area contributed by atoms with E-state index in [4.69, 9.17) is 0 Å². The molecule has 1 aliphatic carbocycles. The first-order valence-corrected chi connectivity index (χ1v) is 9.64. The maximum Gasteiger partial charge on any atom is 0.241 e. The number of nitrogens with zero attached hydrogens (tertiary/aromatic N) is 2. The van der Waals surface area contributed by atoms with Crippen LogP contribution in [0.5, 0.6) is 0 Å². The van der Waals surface area contributed by atoms with Gasteiger partial charge in [-0.1, -0.05) is 50.2 Å². The van der Waals surface area contributed by atoms with Crippen molar-refractivity contribution < 1.29 is 4.79 Å². The molecule has 0 spiro atoms. The Labute approximate surface area is 161 Å². The van der Waals surface area contributed by atoms with E-state index in [1.54, 1.807) is 18.2 Å². The maximum absolute atomic E-state index is 12.8. The molecule has 0 saturated heterocycles. The van der Waals surface area contributed by atoms with Crippen LogP contribution >= 0.6 is 0 Å². The minimum absolute atomic E-state index is 0.0663. The number of rotatable bonds is 7. The molecule has 1 amide bonds. The summed E-state index contributed by atoms with van der Waals surface area (Å²) in [6, 6.07) is 18.1. The smallest absolute Gasteiger partial charge is 0.241 e. The van der Waals surface area contributed by atoms with E-state index in [1.165, 1.54) is 11.1 Å². The highest BCUT2D eigenvalue weighted by Gasteiger charge is 2.35. The normalized spacial score (nSPS) is 14.8. The fraction of sp³-hybridized carbons (Fsp3) is 0.391. The van der Waals surface area contributed by atoms with Crippen LogP contribution < -0.4 is 5.32 Å². The Morgan fingerprint density at radius 2 is 1.81 bits per heavy atom. The second kappa shape index (κ2) is 8.37. The van der Waals surface area contributed by atoms with Crippen molar-refractivity contribution in [2.75, 3.05) is 5.32 Å². The number of nitrogens with one attached hydrogen (secondary N) is 1. The summed E-state index contributed by atoms with van der Waals surface area (Å²) in [5.74, 6) is 0.451. The second-order valence-electron chi connectivity index (χ2n) is 7.62. The van der Waals surface area contributed by atoms with E-state index >= 15 is 0 Å². The molecule has 3 rings (SSSR count). The van der Waals surface area contributed by atoms with E-state index in [-0.39, 0.29) is 11.9 Å². The summed E-state index contributed by atoms with van der Waals surface area (Å²) >= 11 is 0. The molecule has 2 aromatic carbocycles. The molecule has 1 atom stereocenters. The minimum Gasteiger partial charge on any atom is -0.324 e. The molecule has 1 fully saturated rings. The van der Waals surface area contributed by atoms with Crippen LogP contribution in [0.4, 0.5) is 5.69 Å². The standard InChI is InChI=1S/C23H27N3O/c1-16(2)19-10-8-18(9-11-19)15-26(21-12-13-21)17(3)23(27)25-22-7-5-4-6-20(22)14-24/h4-11,16-17,21H,12-13,15H2,1-3H3,(H,25,27)/t17-/m0/s1. The number of para-hydroxylation sites is 1. The Bertz CT molecular complexity index is 831. The van der Waals surface area contributed by atoms with Crippen LogP contribution in [0.15, 0.2) is 48.5 Å². The first-order chi connectivity index (χ1) is 13.0. The topological polar surface area (TPSA) is 56.1 Å². The van der Waals surface area contributed by atoms with Gasteiger partial charge in [-0.15, -0.1) is 0 Å². The van der Waals surface area contributed by atoms with Crippen molar-refractivity contribution in [2.45, 2.75) is 58.2 Å². The molecule has 0 aromatic heterocycles. The van der Waals surface area contributed by atoms with Gasteiger partial charge in [-0.3, -0.25) is 9.69 Å². The fourth-order valence-corrected chi connectivity index (χ4v) is 3.28. The molecule has 0 heterocycles. The van der Waals surface area contributed by atoms with Crippen molar-refractivity contribution in [1.82, 2.24) is 4.90 Å². The van der Waals surface area contributed by atoms with Gasteiger partial charge in [-0.05, 0) is 48.9 Å². The Morgan fingerprint density at radius 1 is 1.15 bits per heavy atom. The first-order valence-electron chi connectivity index (χ1n) is 9.64. The van der Waals surface area contributed by atoms with Gasteiger partial charge < -0.3 is 5.32 Å². The first kappa shape index (κ1) is 19.1. The molecule has 27 heavy (non-hydrogen) atoms. The lowest BCUT2D eigenvalue weighted by Crippen LogP contribution is -2.43. The third kappa shape index (κ3) is 4.75. The SMILES string of the molecule is CC(C)c1ccc(CN(C2CC2)[C@@H](C)C(=O)Nc2ccccc2C#N)cc1. The molecule has 0 radical (unpaired) electrons. The van der Waals surface area contributed by atoms with Gasteiger partial charge in [0.1, 0.15) is 6.07 Å². The molecule has 4 heteroatoms. The van der Waals surface area contributed by atoms with Crippen LogP contribution in [0.3, 0.4) is 0 Å². The van der Waals surface area contributed by atoms with Gasteiger partial charge in [-0.2, -0.15) is 5.26 Å². The number of benzene rings is 2. The van der Waals surface area contributed by atoms with Crippen molar-refractivity contribution >= 4 is 11.6 Å². The Kier molecular flexibility index (Phi) is 5.93. The van der Waals surface area contributed by atoms with Crippen molar-refractivity contribution in [1.29, 1.82) is 5.26 Å². The highest BCUT2D eigenvalue weighted by molar-refractivity contribution is 5.95. The molecule has 4 nitrogen and oxygen atoms in total. The molecule has 140 valence electrons. The van der Waals surface area contributed by atoms with Crippen LogP contribution in [0.1, 0.15) is 56.2 Å². The van der Waals surface area contributed by atoms with Crippen molar-refractivity contribution in [3.8, 4) is 6.07 Å². The highest BCUT2D eigenvalue weighted by Crippen LogP contribution is 2.31. The molecule has 0 aliphatic heterocycles. The van der Waals surface area contributed by atoms with Crippen LogP contribution in [0, 0.1) is 11.3 Å². The Balaban J connectivity index is 1.70. The summed E-state index contributed by atoms with van der Waals surface area (Å²) in [7, 11) is 0. The largest absolute Gasteiger partial charge is 0.324 e. The lowest BCUT2D eigenvalue weighted by molar-refractivity contribution is -0.121. The number of anilines is 1. The minimum atomic E-state index is -0.256. The molecule has 1 aliphatic rings. The van der Waals surface area contributed by atoms with E-state index in [2.05, 4.69) is 54.4 Å². The molecule has 2 aromatic rings. The quantitative estimate of drug-likeness (QED) is 0.779.